The van der Waals surface area contributed by atoms with Gasteiger partial charge >= 0.3 is 0 Å². The van der Waals surface area contributed by atoms with Crippen LogP contribution in [0.15, 0.2) is 0 Å². The molecule has 0 amide bonds. The van der Waals surface area contributed by atoms with Crippen LogP contribution in [0, 0.1) is 11.8 Å². The maximum atomic E-state index is 6.05. The summed E-state index contributed by atoms with van der Waals surface area (Å²) in [4.78, 5) is 0. The van der Waals surface area contributed by atoms with Crippen LogP contribution < -0.4 is 5.73 Å². The lowest BCUT2D eigenvalue weighted by molar-refractivity contribution is 0.402. The molecular weight excluding hydrogens is 225 g/mol. The molecule has 0 radical (unpaired) electrons. The number of hydrogen-bond acceptors (Lipinski definition) is 1. The average molecular weight is 237 g/mol. The number of nitrogens with two attached hydrogens (primary N) is 1. The van der Waals surface area contributed by atoms with Crippen LogP contribution in [0.5, 0.6) is 0 Å². The van der Waals surface area contributed by atoms with Gasteiger partial charge < -0.3 is 5.73 Å². The van der Waals surface area contributed by atoms with Crippen LogP contribution in [0.3, 0.4) is 0 Å². The predicted octanol–water partition coefficient (Wildman–Crippen LogP) is 1.90. The fraction of sp³-hybridized carbons (Fsp3) is 1.00. The molecule has 2 bridgehead atoms. The zero-order valence-corrected chi connectivity index (χ0v) is 7.60. The van der Waals surface area contributed by atoms with Gasteiger partial charge in [0.05, 0.1) is 3.55 Å². The number of hydrogen-bond donors (Lipinski definition) is 1. The van der Waals surface area contributed by atoms with Gasteiger partial charge in [-0.1, -0.05) is 22.6 Å². The Hall–Kier alpha value is 0.690. The topological polar surface area (TPSA) is 26.0 Å². The minimum Gasteiger partial charge on any atom is -0.317 e. The van der Waals surface area contributed by atoms with Crippen molar-refractivity contribution in [2.24, 2.45) is 17.6 Å². The lowest BCUT2D eigenvalue weighted by atomic mass is 9.96. The Kier molecular flexibility index (Phi) is 1.31. The number of fused-ring (bicyclic) bond motifs is 2. The van der Waals surface area contributed by atoms with Crippen molar-refractivity contribution in [3.63, 3.8) is 0 Å². The number of alkyl halides is 1. The van der Waals surface area contributed by atoms with Gasteiger partial charge in [-0.15, -0.1) is 0 Å². The first-order valence-electron chi connectivity index (χ1n) is 3.66. The van der Waals surface area contributed by atoms with E-state index < -0.39 is 0 Å². The molecule has 3 unspecified atom stereocenters. The lowest BCUT2D eigenvalue weighted by Gasteiger charge is -2.26. The highest BCUT2D eigenvalue weighted by Gasteiger charge is 2.46. The van der Waals surface area contributed by atoms with E-state index in [2.05, 4.69) is 22.6 Å². The Bertz CT molecular complexity index is 133. The maximum Gasteiger partial charge on any atom is 0.0711 e. The van der Waals surface area contributed by atoms with Crippen LogP contribution in [0.25, 0.3) is 0 Å². The highest BCUT2D eigenvalue weighted by Crippen LogP contribution is 2.52. The largest absolute Gasteiger partial charge is 0.317 e. The van der Waals surface area contributed by atoms with Gasteiger partial charge in [-0.05, 0) is 37.5 Å². The highest BCUT2D eigenvalue weighted by molar-refractivity contribution is 14.1. The van der Waals surface area contributed by atoms with Crippen molar-refractivity contribution in [2.75, 3.05) is 0 Å². The summed E-state index contributed by atoms with van der Waals surface area (Å²) in [7, 11) is 0. The molecule has 2 aliphatic carbocycles. The van der Waals surface area contributed by atoms with Gasteiger partial charge in [0.15, 0.2) is 0 Å². The lowest BCUT2D eigenvalue weighted by Crippen LogP contribution is -2.37. The van der Waals surface area contributed by atoms with Crippen molar-refractivity contribution >= 4 is 22.6 Å². The predicted molar refractivity (Wildman–Crippen MR) is 46.4 cm³/mol. The minimum absolute atomic E-state index is 0.181. The van der Waals surface area contributed by atoms with Crippen LogP contribution in [0.1, 0.15) is 25.7 Å². The Balaban J connectivity index is 2.18. The normalized spacial score (nSPS) is 56.7. The van der Waals surface area contributed by atoms with Gasteiger partial charge in [-0.3, -0.25) is 0 Å². The Labute approximate surface area is 69.5 Å². The third-order valence-electron chi connectivity index (χ3n) is 2.82. The van der Waals surface area contributed by atoms with E-state index in [4.69, 9.17) is 5.73 Å². The highest BCUT2D eigenvalue weighted by atomic mass is 127. The molecule has 0 saturated heterocycles. The summed E-state index contributed by atoms with van der Waals surface area (Å²) in [6, 6.07) is 0. The summed E-state index contributed by atoms with van der Waals surface area (Å²) in [6.45, 7) is 0. The second-order valence-corrected chi connectivity index (χ2v) is 5.52. The van der Waals surface area contributed by atoms with Crippen molar-refractivity contribution in [3.05, 3.63) is 0 Å². The van der Waals surface area contributed by atoms with Crippen molar-refractivity contribution in [1.82, 2.24) is 0 Å². The summed E-state index contributed by atoms with van der Waals surface area (Å²) >= 11 is 2.44. The first-order chi connectivity index (χ1) is 4.18. The fourth-order valence-electron chi connectivity index (χ4n) is 2.31. The van der Waals surface area contributed by atoms with Gasteiger partial charge in [0.1, 0.15) is 0 Å². The summed E-state index contributed by atoms with van der Waals surface area (Å²) in [5.74, 6) is 1.83. The monoisotopic (exact) mass is 237 g/mol. The minimum atomic E-state index is 0.181. The Morgan fingerprint density at radius 2 is 2.22 bits per heavy atom. The van der Waals surface area contributed by atoms with Crippen LogP contribution >= 0.6 is 22.6 Å². The third kappa shape index (κ3) is 0.909. The van der Waals surface area contributed by atoms with E-state index in [1.54, 1.807) is 0 Å². The molecular formula is C7H12IN. The number of halogens is 1. The van der Waals surface area contributed by atoms with Gasteiger partial charge in [-0.25, -0.2) is 0 Å². The molecule has 2 N–H and O–H groups in total. The molecule has 0 aromatic heterocycles. The molecule has 0 spiro atoms. The Morgan fingerprint density at radius 1 is 1.44 bits per heavy atom. The van der Waals surface area contributed by atoms with Crippen LogP contribution in [0.4, 0.5) is 0 Å². The van der Waals surface area contributed by atoms with E-state index in [1.807, 2.05) is 0 Å². The molecule has 0 heterocycles. The van der Waals surface area contributed by atoms with E-state index in [0.29, 0.717) is 0 Å². The fourth-order valence-corrected chi connectivity index (χ4v) is 3.49. The van der Waals surface area contributed by atoms with E-state index in [9.17, 15) is 0 Å². The molecule has 1 nitrogen and oxygen atoms in total. The molecule has 2 aliphatic rings. The molecule has 9 heavy (non-hydrogen) atoms. The van der Waals surface area contributed by atoms with Gasteiger partial charge in [0.2, 0.25) is 0 Å². The van der Waals surface area contributed by atoms with Gasteiger partial charge in [-0.2, -0.15) is 0 Å². The summed E-state index contributed by atoms with van der Waals surface area (Å²) in [6.07, 6.45) is 5.54. The molecule has 0 aromatic rings. The molecule has 3 atom stereocenters. The van der Waals surface area contributed by atoms with Crippen molar-refractivity contribution < 1.29 is 0 Å². The Morgan fingerprint density at radius 3 is 2.44 bits per heavy atom. The average Bonchev–Trinajstić information content (AvgIpc) is 2.19. The van der Waals surface area contributed by atoms with Crippen LogP contribution in [-0.4, -0.2) is 3.55 Å². The first kappa shape index (κ1) is 6.40. The molecule has 2 heteroatoms. The molecule has 0 aromatic carbocycles. The van der Waals surface area contributed by atoms with Crippen molar-refractivity contribution in [1.29, 1.82) is 0 Å². The maximum absolute atomic E-state index is 6.05. The summed E-state index contributed by atoms with van der Waals surface area (Å²) in [5, 5.41) is 0. The van der Waals surface area contributed by atoms with E-state index in [-0.39, 0.29) is 3.55 Å². The van der Waals surface area contributed by atoms with Crippen molar-refractivity contribution in [3.8, 4) is 0 Å². The third-order valence-corrected chi connectivity index (χ3v) is 4.14. The van der Waals surface area contributed by atoms with Crippen LogP contribution in [0.2, 0.25) is 0 Å². The first-order valence-corrected chi connectivity index (χ1v) is 4.74. The molecule has 0 aliphatic heterocycles. The van der Waals surface area contributed by atoms with Crippen LogP contribution in [-0.2, 0) is 0 Å². The van der Waals surface area contributed by atoms with Crippen molar-refractivity contribution in [2.45, 2.75) is 29.2 Å². The summed E-state index contributed by atoms with van der Waals surface area (Å²) < 4.78 is 0.181. The second-order valence-electron chi connectivity index (χ2n) is 3.51. The standard InChI is InChI=1S/C7H12IN/c8-7(9)4-5-1-2-6(7)3-5/h5-6H,1-4,9H2. The number of rotatable bonds is 0. The van der Waals surface area contributed by atoms with E-state index >= 15 is 0 Å². The summed E-state index contributed by atoms with van der Waals surface area (Å²) in [5.41, 5.74) is 6.05. The van der Waals surface area contributed by atoms with Gasteiger partial charge in [0, 0.05) is 0 Å². The molecule has 2 rings (SSSR count). The van der Waals surface area contributed by atoms with E-state index in [0.717, 1.165) is 11.8 Å². The second kappa shape index (κ2) is 1.84. The zero-order valence-electron chi connectivity index (χ0n) is 5.44. The molecule has 2 fully saturated rings. The smallest absolute Gasteiger partial charge is 0.0711 e. The van der Waals surface area contributed by atoms with E-state index in [1.165, 1.54) is 25.7 Å². The SMILES string of the molecule is NC1(I)CC2CCC1C2. The zero-order chi connectivity index (χ0) is 6.48. The molecule has 2 saturated carbocycles. The van der Waals surface area contributed by atoms with Gasteiger partial charge in [0.25, 0.3) is 0 Å². The molecule has 52 valence electrons. The quantitative estimate of drug-likeness (QED) is 0.388.